The van der Waals surface area contributed by atoms with Gasteiger partial charge in [-0.1, -0.05) is 17.7 Å². The minimum Gasteiger partial charge on any atom is -0.394 e. The Hall–Kier alpha value is -4.22. The summed E-state index contributed by atoms with van der Waals surface area (Å²) < 4.78 is 8.56. The lowest BCUT2D eigenvalue weighted by molar-refractivity contribution is 0.0814. The van der Waals surface area contributed by atoms with Crippen LogP contribution in [0.5, 0.6) is 0 Å². The molecule has 5 aromatic heterocycles. The van der Waals surface area contributed by atoms with Crippen molar-refractivity contribution in [1.29, 1.82) is 0 Å². The minimum atomic E-state index is -0.365. The van der Waals surface area contributed by atoms with Crippen LogP contribution in [0.15, 0.2) is 59.9 Å². The molecule has 4 N–H and O–H groups in total. The molecule has 0 saturated heterocycles. The first-order chi connectivity index (χ1) is 16.9. The first-order valence-electron chi connectivity index (χ1n) is 10.7. The highest BCUT2D eigenvalue weighted by Crippen LogP contribution is 2.24. The third-order valence-corrected chi connectivity index (χ3v) is 5.64. The number of carbonyl (C=O) groups excluding carboxylic acids is 1. The van der Waals surface area contributed by atoms with Crippen molar-refractivity contribution in [1.82, 2.24) is 34.4 Å². The maximum atomic E-state index is 12.9. The Labute approximate surface area is 203 Å². The van der Waals surface area contributed by atoms with Crippen molar-refractivity contribution in [3.05, 3.63) is 81.9 Å². The molecule has 5 aromatic rings. The number of fused-ring (bicyclic) bond motifs is 3. The zero-order valence-electron chi connectivity index (χ0n) is 18.6. The van der Waals surface area contributed by atoms with Crippen LogP contribution in [0.4, 0.5) is 5.69 Å². The van der Waals surface area contributed by atoms with Gasteiger partial charge >= 0.3 is 0 Å². The van der Waals surface area contributed by atoms with Crippen molar-refractivity contribution in [3.63, 3.8) is 0 Å². The van der Waals surface area contributed by atoms with Crippen LogP contribution < -0.4 is 16.6 Å². The smallest absolute Gasteiger partial charge is 0.279 e. The molecule has 178 valence electrons. The third-order valence-electron chi connectivity index (χ3n) is 5.36. The average Bonchev–Trinajstić information content (AvgIpc) is 3.49. The number of hydrogen-bond donors (Lipinski definition) is 3. The van der Waals surface area contributed by atoms with Gasteiger partial charge in [0.25, 0.3) is 11.5 Å². The van der Waals surface area contributed by atoms with E-state index < -0.39 is 0 Å². The summed E-state index contributed by atoms with van der Waals surface area (Å²) in [7, 11) is 0. The molecule has 0 aliphatic heterocycles. The number of anilines is 1. The van der Waals surface area contributed by atoms with Crippen molar-refractivity contribution in [2.24, 2.45) is 0 Å². The molecule has 12 heteroatoms. The van der Waals surface area contributed by atoms with E-state index >= 15 is 0 Å². The number of nitrogens with two attached hydrogens (primary N) is 1. The molecule has 0 saturated carbocycles. The number of rotatable bonds is 7. The molecule has 0 aromatic carbocycles. The molecular weight excluding hydrogens is 472 g/mol. The summed E-state index contributed by atoms with van der Waals surface area (Å²) in [4.78, 5) is 36.8. The van der Waals surface area contributed by atoms with E-state index in [1.165, 1.54) is 15.3 Å². The number of carbonyl (C=O) groups is 1. The number of H-pyrrole nitrogens is 1. The van der Waals surface area contributed by atoms with Crippen molar-refractivity contribution in [2.45, 2.75) is 19.6 Å². The molecule has 0 aliphatic carbocycles. The Kier molecular flexibility index (Phi) is 5.93. The predicted molar refractivity (Wildman–Crippen MR) is 131 cm³/mol. The number of pyridine rings is 2. The maximum absolute atomic E-state index is 12.9. The Morgan fingerprint density at radius 3 is 2.97 bits per heavy atom. The minimum absolute atomic E-state index is 0.0908. The van der Waals surface area contributed by atoms with E-state index in [2.05, 4.69) is 25.4 Å². The van der Waals surface area contributed by atoms with Crippen molar-refractivity contribution >= 4 is 39.7 Å². The summed E-state index contributed by atoms with van der Waals surface area (Å²) in [6.45, 7) is 2.23. The molecule has 11 nitrogen and oxygen atoms in total. The maximum Gasteiger partial charge on any atom is 0.279 e. The number of halogens is 1. The lowest BCUT2D eigenvalue weighted by Gasteiger charge is -2.15. The molecule has 0 spiro atoms. The topological polar surface area (TPSA) is 145 Å². The van der Waals surface area contributed by atoms with E-state index in [9.17, 15) is 9.59 Å². The van der Waals surface area contributed by atoms with E-state index in [1.807, 2.05) is 6.92 Å². The van der Waals surface area contributed by atoms with Crippen LogP contribution in [0.1, 0.15) is 23.0 Å². The van der Waals surface area contributed by atoms with E-state index in [1.54, 1.807) is 48.9 Å². The normalized spacial score (nSPS) is 12.3. The van der Waals surface area contributed by atoms with Gasteiger partial charge in [-0.15, -0.1) is 0 Å². The van der Waals surface area contributed by atoms with Gasteiger partial charge in [0.05, 0.1) is 30.6 Å². The number of nitrogens with one attached hydrogen (secondary N) is 2. The number of ether oxygens (including phenoxy) is 1. The highest BCUT2D eigenvalue weighted by Gasteiger charge is 2.19. The Bertz CT molecular complexity index is 1590. The second-order valence-electron chi connectivity index (χ2n) is 7.99. The fraction of sp³-hybridized carbons (Fsp3) is 0.174. The van der Waals surface area contributed by atoms with Crippen LogP contribution in [0.25, 0.3) is 22.4 Å². The number of hydrogen-bond acceptors (Lipinski definition) is 7. The molecule has 1 atom stereocenters. The summed E-state index contributed by atoms with van der Waals surface area (Å²) in [5.74, 6) is 0.0982. The fourth-order valence-electron chi connectivity index (χ4n) is 3.74. The zero-order chi connectivity index (χ0) is 24.5. The number of nitrogen functional groups attached to an aromatic ring is 1. The monoisotopic (exact) mass is 492 g/mol. The summed E-state index contributed by atoms with van der Waals surface area (Å²) in [5.41, 5.74) is 7.78. The van der Waals surface area contributed by atoms with Crippen molar-refractivity contribution in [2.75, 3.05) is 12.3 Å². The predicted octanol–water partition coefficient (Wildman–Crippen LogP) is 2.33. The van der Waals surface area contributed by atoms with Crippen LogP contribution in [0.3, 0.4) is 0 Å². The van der Waals surface area contributed by atoms with E-state index in [0.29, 0.717) is 22.5 Å². The molecule has 0 aliphatic rings. The molecule has 0 fully saturated rings. The zero-order valence-corrected chi connectivity index (χ0v) is 19.4. The lowest BCUT2D eigenvalue weighted by atomic mass is 10.2. The molecule has 1 amide bonds. The Morgan fingerprint density at radius 1 is 1.31 bits per heavy atom. The lowest BCUT2D eigenvalue weighted by Crippen LogP contribution is -2.36. The third kappa shape index (κ3) is 4.34. The van der Waals surface area contributed by atoms with E-state index in [0.717, 1.165) is 5.39 Å². The molecule has 35 heavy (non-hydrogen) atoms. The second-order valence-corrected chi connectivity index (χ2v) is 8.35. The van der Waals surface area contributed by atoms with Gasteiger partial charge in [0.2, 0.25) is 0 Å². The molecule has 5 heterocycles. The summed E-state index contributed by atoms with van der Waals surface area (Å²) in [6, 6.07) is 8.31. The quantitative estimate of drug-likeness (QED) is 0.316. The van der Waals surface area contributed by atoms with Crippen LogP contribution >= 0.6 is 11.6 Å². The summed E-state index contributed by atoms with van der Waals surface area (Å²) >= 11 is 6.25. The first-order valence-corrected chi connectivity index (χ1v) is 11.1. The number of nitrogens with zero attached hydrogens (tertiary/aromatic N) is 5. The SMILES string of the molecule is C[C@H](COCc1cc(N)c(=O)n(-c2ccccn2)c1)NC(=O)c1cnc2c3[nH]ccc3c(Cl)nn12. The van der Waals surface area contributed by atoms with Gasteiger partial charge in [-0.25, -0.2) is 14.5 Å². The van der Waals surface area contributed by atoms with Gasteiger partial charge in [0, 0.05) is 30.0 Å². The molecule has 0 bridgehead atoms. The van der Waals surface area contributed by atoms with Gasteiger partial charge in [-0.05, 0) is 36.8 Å². The van der Waals surface area contributed by atoms with Crippen LogP contribution in [0, 0.1) is 0 Å². The van der Waals surface area contributed by atoms with Crippen LogP contribution in [0.2, 0.25) is 5.15 Å². The molecule has 0 unspecified atom stereocenters. The van der Waals surface area contributed by atoms with Crippen LogP contribution in [-0.2, 0) is 11.3 Å². The Morgan fingerprint density at radius 2 is 2.17 bits per heavy atom. The van der Waals surface area contributed by atoms with Gasteiger partial charge in [-0.3, -0.25) is 14.2 Å². The molecule has 0 radical (unpaired) electrons. The molecular formula is C23H21ClN8O3. The van der Waals surface area contributed by atoms with Crippen molar-refractivity contribution < 1.29 is 9.53 Å². The fourth-order valence-corrected chi connectivity index (χ4v) is 3.97. The highest BCUT2D eigenvalue weighted by atomic mass is 35.5. The first kappa shape index (κ1) is 22.6. The van der Waals surface area contributed by atoms with Gasteiger partial charge < -0.3 is 20.8 Å². The standard InChI is InChI=1S/C23H21ClN8O3/c1-13(11-35-12-14-8-16(25)23(34)31(10-14)18-4-2-3-6-26-18)29-22(33)17-9-28-21-19-15(5-7-27-19)20(24)30-32(17)21/h2-10,13,27H,11-12,25H2,1H3,(H,29,33)/t13-/m1/s1. The highest BCUT2D eigenvalue weighted by molar-refractivity contribution is 6.34. The number of imidazole rings is 1. The number of aromatic nitrogens is 6. The van der Waals surface area contributed by atoms with Crippen molar-refractivity contribution in [3.8, 4) is 5.82 Å². The van der Waals surface area contributed by atoms with E-state index in [4.69, 9.17) is 22.1 Å². The largest absolute Gasteiger partial charge is 0.394 e. The van der Waals surface area contributed by atoms with E-state index in [-0.39, 0.29) is 47.3 Å². The number of aromatic amines is 1. The second kappa shape index (κ2) is 9.20. The molecule has 5 rings (SSSR count). The van der Waals surface area contributed by atoms with Gasteiger partial charge in [0.1, 0.15) is 5.82 Å². The van der Waals surface area contributed by atoms with Gasteiger partial charge in [0.15, 0.2) is 16.5 Å². The Balaban J connectivity index is 1.24. The summed E-state index contributed by atoms with van der Waals surface area (Å²) in [6.07, 6.45) is 6.42. The van der Waals surface area contributed by atoms with Gasteiger partial charge in [-0.2, -0.15) is 5.10 Å². The summed E-state index contributed by atoms with van der Waals surface area (Å²) in [5, 5.41) is 8.15. The van der Waals surface area contributed by atoms with Crippen LogP contribution in [-0.4, -0.2) is 47.7 Å². The average molecular weight is 493 g/mol. The number of amides is 1.